The molecule has 1 aromatic heterocycles. The lowest BCUT2D eigenvalue weighted by atomic mass is 9.97. The first-order chi connectivity index (χ1) is 17.1. The SMILES string of the molecule is Nc1nnc(SCC(=O)OCC(=O)N2N=C(c3ccc4ccccc4c3)CC2c2ccccc2)s1. The van der Waals surface area contributed by atoms with E-state index in [1.165, 1.54) is 28.1 Å². The standard InChI is InChI=1S/C25H21N5O3S2/c26-24-27-28-25(35-24)34-15-23(32)33-14-22(31)30-21(17-7-2-1-3-8-17)13-20(29-30)19-11-10-16-6-4-5-9-18(16)12-19/h1-12,21H,13-15H2,(H2,26,27). The number of esters is 1. The van der Waals surface area contributed by atoms with Gasteiger partial charge in [0.25, 0.3) is 5.91 Å². The molecular formula is C25H21N5O3S2. The Hall–Kier alpha value is -3.76. The molecule has 0 radical (unpaired) electrons. The molecule has 0 saturated heterocycles. The molecule has 10 heteroatoms. The number of carbonyl (C=O) groups is 2. The fraction of sp³-hybridized carbons (Fsp3) is 0.160. The van der Waals surface area contributed by atoms with Gasteiger partial charge in [-0.3, -0.25) is 9.59 Å². The molecule has 0 fully saturated rings. The van der Waals surface area contributed by atoms with Gasteiger partial charge in [0, 0.05) is 6.42 Å². The maximum atomic E-state index is 13.1. The third kappa shape index (κ3) is 5.33. The van der Waals surface area contributed by atoms with Gasteiger partial charge in [0.1, 0.15) is 0 Å². The largest absolute Gasteiger partial charge is 0.455 e. The number of hydrogen-bond acceptors (Lipinski definition) is 9. The number of hydrazone groups is 1. The minimum atomic E-state index is -0.522. The van der Waals surface area contributed by atoms with Crippen molar-refractivity contribution in [2.75, 3.05) is 18.1 Å². The van der Waals surface area contributed by atoms with Gasteiger partial charge in [0.2, 0.25) is 5.13 Å². The number of ether oxygens (including phenoxy) is 1. The molecule has 1 aliphatic rings. The smallest absolute Gasteiger partial charge is 0.316 e. The normalized spacial score (nSPS) is 15.3. The number of anilines is 1. The zero-order valence-corrected chi connectivity index (χ0v) is 20.2. The van der Waals surface area contributed by atoms with E-state index >= 15 is 0 Å². The van der Waals surface area contributed by atoms with Crippen LogP contribution in [0.5, 0.6) is 0 Å². The summed E-state index contributed by atoms with van der Waals surface area (Å²) in [5, 5.41) is 16.2. The second kappa shape index (κ2) is 10.2. The number of aromatic nitrogens is 2. The number of nitrogen functional groups attached to an aromatic ring is 1. The molecule has 2 N–H and O–H groups in total. The fourth-order valence-corrected chi connectivity index (χ4v) is 5.30. The van der Waals surface area contributed by atoms with Gasteiger partial charge in [-0.15, -0.1) is 10.2 Å². The summed E-state index contributed by atoms with van der Waals surface area (Å²) in [7, 11) is 0. The van der Waals surface area contributed by atoms with Crippen molar-refractivity contribution in [2.45, 2.75) is 16.8 Å². The van der Waals surface area contributed by atoms with Crippen LogP contribution < -0.4 is 5.73 Å². The summed E-state index contributed by atoms with van der Waals surface area (Å²) in [6, 6.07) is 23.7. The molecule has 5 rings (SSSR count). The Labute approximate surface area is 209 Å². The van der Waals surface area contributed by atoms with Crippen molar-refractivity contribution in [3.05, 3.63) is 83.9 Å². The number of nitrogens with zero attached hydrogens (tertiary/aromatic N) is 4. The number of benzene rings is 3. The molecule has 3 aromatic carbocycles. The van der Waals surface area contributed by atoms with E-state index in [1.807, 2.05) is 48.5 Å². The summed E-state index contributed by atoms with van der Waals surface area (Å²) < 4.78 is 5.80. The average Bonchev–Trinajstić information content (AvgIpc) is 3.53. The van der Waals surface area contributed by atoms with E-state index in [-0.39, 0.29) is 17.7 Å². The van der Waals surface area contributed by atoms with Crippen LogP contribution in [-0.2, 0) is 14.3 Å². The first-order valence-electron chi connectivity index (χ1n) is 10.9. The van der Waals surface area contributed by atoms with Crippen molar-refractivity contribution in [2.24, 2.45) is 5.10 Å². The van der Waals surface area contributed by atoms with Crippen LogP contribution in [0.2, 0.25) is 0 Å². The van der Waals surface area contributed by atoms with Crippen LogP contribution in [0.15, 0.2) is 82.2 Å². The molecule has 8 nitrogen and oxygen atoms in total. The van der Waals surface area contributed by atoms with Crippen molar-refractivity contribution < 1.29 is 14.3 Å². The molecule has 0 aliphatic carbocycles. The van der Waals surface area contributed by atoms with Crippen LogP contribution in [0.3, 0.4) is 0 Å². The number of thioether (sulfide) groups is 1. The quantitative estimate of drug-likeness (QED) is 0.296. The molecule has 1 amide bonds. The van der Waals surface area contributed by atoms with Crippen LogP contribution in [0.1, 0.15) is 23.6 Å². The minimum Gasteiger partial charge on any atom is -0.455 e. The number of hydrogen-bond donors (Lipinski definition) is 1. The molecule has 4 aromatic rings. The maximum Gasteiger partial charge on any atom is 0.316 e. The molecule has 2 heterocycles. The van der Waals surface area contributed by atoms with E-state index in [2.05, 4.69) is 39.6 Å². The second-order valence-electron chi connectivity index (χ2n) is 7.83. The number of carbonyl (C=O) groups excluding carboxylic acids is 2. The van der Waals surface area contributed by atoms with Gasteiger partial charge in [-0.25, -0.2) is 5.01 Å². The number of rotatable bonds is 7. The highest BCUT2D eigenvalue weighted by atomic mass is 32.2. The molecule has 0 saturated carbocycles. The highest BCUT2D eigenvalue weighted by Gasteiger charge is 2.33. The van der Waals surface area contributed by atoms with Crippen molar-refractivity contribution in [1.29, 1.82) is 0 Å². The minimum absolute atomic E-state index is 0.00956. The van der Waals surface area contributed by atoms with Gasteiger partial charge in [-0.05, 0) is 28.0 Å². The molecular weight excluding hydrogens is 482 g/mol. The Morgan fingerprint density at radius 1 is 1.03 bits per heavy atom. The highest BCUT2D eigenvalue weighted by molar-refractivity contribution is 8.01. The third-order valence-electron chi connectivity index (χ3n) is 5.53. The fourth-order valence-electron chi connectivity index (χ4n) is 3.87. The van der Waals surface area contributed by atoms with E-state index in [9.17, 15) is 9.59 Å². The molecule has 0 spiro atoms. The Morgan fingerprint density at radius 3 is 2.57 bits per heavy atom. The Morgan fingerprint density at radius 2 is 1.80 bits per heavy atom. The summed E-state index contributed by atoms with van der Waals surface area (Å²) in [5.74, 6) is -0.894. The van der Waals surface area contributed by atoms with E-state index in [1.54, 1.807) is 0 Å². The van der Waals surface area contributed by atoms with E-state index < -0.39 is 12.6 Å². The average molecular weight is 504 g/mol. The number of amides is 1. The number of nitrogens with two attached hydrogens (primary N) is 1. The monoisotopic (exact) mass is 503 g/mol. The third-order valence-corrected chi connectivity index (χ3v) is 7.38. The summed E-state index contributed by atoms with van der Waals surface area (Å²) in [6.07, 6.45) is 0.566. The summed E-state index contributed by atoms with van der Waals surface area (Å²) in [6.45, 7) is -0.393. The predicted octanol–water partition coefficient (Wildman–Crippen LogP) is 4.29. The van der Waals surface area contributed by atoms with E-state index in [0.717, 1.165) is 27.6 Å². The van der Waals surface area contributed by atoms with E-state index in [0.29, 0.717) is 15.9 Å². The van der Waals surface area contributed by atoms with Crippen LogP contribution in [0.4, 0.5) is 5.13 Å². The second-order valence-corrected chi connectivity index (χ2v) is 10.1. The summed E-state index contributed by atoms with van der Waals surface area (Å²) in [4.78, 5) is 25.3. The Kier molecular flexibility index (Phi) is 6.73. The van der Waals surface area contributed by atoms with Crippen molar-refractivity contribution in [3.8, 4) is 0 Å². The maximum absolute atomic E-state index is 13.1. The Bertz CT molecular complexity index is 1410. The molecule has 0 bridgehead atoms. The van der Waals surface area contributed by atoms with Crippen LogP contribution in [-0.4, -0.2) is 45.2 Å². The van der Waals surface area contributed by atoms with Crippen LogP contribution in [0.25, 0.3) is 10.8 Å². The molecule has 1 unspecified atom stereocenters. The lowest BCUT2D eigenvalue weighted by Crippen LogP contribution is -2.31. The van der Waals surface area contributed by atoms with Crippen molar-refractivity contribution in [3.63, 3.8) is 0 Å². The first-order valence-corrected chi connectivity index (χ1v) is 12.7. The van der Waals surface area contributed by atoms with Crippen LogP contribution in [0, 0.1) is 0 Å². The van der Waals surface area contributed by atoms with Gasteiger partial charge in [-0.1, -0.05) is 89.8 Å². The highest BCUT2D eigenvalue weighted by Crippen LogP contribution is 2.33. The molecule has 35 heavy (non-hydrogen) atoms. The Balaban J connectivity index is 1.31. The number of fused-ring (bicyclic) bond motifs is 1. The van der Waals surface area contributed by atoms with E-state index in [4.69, 9.17) is 10.5 Å². The lowest BCUT2D eigenvalue weighted by molar-refractivity contribution is -0.150. The topological polar surface area (TPSA) is 111 Å². The van der Waals surface area contributed by atoms with Crippen LogP contribution >= 0.6 is 23.1 Å². The van der Waals surface area contributed by atoms with Crippen molar-refractivity contribution in [1.82, 2.24) is 15.2 Å². The molecule has 1 atom stereocenters. The molecule has 176 valence electrons. The van der Waals surface area contributed by atoms with Gasteiger partial charge in [0.05, 0.1) is 17.5 Å². The van der Waals surface area contributed by atoms with Gasteiger partial charge < -0.3 is 10.5 Å². The van der Waals surface area contributed by atoms with Gasteiger partial charge >= 0.3 is 5.97 Å². The first kappa shape index (κ1) is 23.0. The zero-order chi connectivity index (χ0) is 24.2. The summed E-state index contributed by atoms with van der Waals surface area (Å²) >= 11 is 2.36. The van der Waals surface area contributed by atoms with Crippen molar-refractivity contribution >= 4 is 56.6 Å². The predicted molar refractivity (Wildman–Crippen MR) is 137 cm³/mol. The lowest BCUT2D eigenvalue weighted by Gasteiger charge is -2.21. The van der Waals surface area contributed by atoms with Gasteiger partial charge in [0.15, 0.2) is 10.9 Å². The summed E-state index contributed by atoms with van der Waals surface area (Å²) in [5.41, 5.74) is 8.29. The molecule has 1 aliphatic heterocycles. The van der Waals surface area contributed by atoms with Gasteiger partial charge in [-0.2, -0.15) is 5.10 Å². The zero-order valence-electron chi connectivity index (χ0n) is 18.5.